The minimum atomic E-state index is -0.0454. The summed E-state index contributed by atoms with van der Waals surface area (Å²) < 4.78 is 5.20. The molecule has 0 radical (unpaired) electrons. The summed E-state index contributed by atoms with van der Waals surface area (Å²) in [5.41, 5.74) is 0.599. The fourth-order valence-electron chi connectivity index (χ4n) is 2.99. The normalized spacial score (nSPS) is 15.5. The molecule has 0 saturated carbocycles. The number of halogens is 1. The predicted octanol–water partition coefficient (Wildman–Crippen LogP) is 2.40. The van der Waals surface area contributed by atoms with Crippen molar-refractivity contribution in [2.24, 2.45) is 0 Å². The molecular weight excluding hydrogens is 354 g/mol. The van der Waals surface area contributed by atoms with Gasteiger partial charge in [0.2, 0.25) is 5.91 Å². The molecule has 3 rings (SSSR count). The summed E-state index contributed by atoms with van der Waals surface area (Å²) in [6.45, 7) is 3.43. The van der Waals surface area contributed by atoms with Gasteiger partial charge in [0.1, 0.15) is 5.76 Å². The van der Waals surface area contributed by atoms with Crippen LogP contribution in [0, 0.1) is 0 Å². The van der Waals surface area contributed by atoms with E-state index in [1.165, 1.54) is 0 Å². The first-order chi connectivity index (χ1) is 12.6. The maximum Gasteiger partial charge on any atom is 0.253 e. The molecule has 2 amide bonds. The molecule has 1 N–H and O–H groups in total. The summed E-state index contributed by atoms with van der Waals surface area (Å²) in [5.74, 6) is 0.667. The van der Waals surface area contributed by atoms with E-state index in [4.69, 9.17) is 16.0 Å². The minimum absolute atomic E-state index is 0.0170. The monoisotopic (exact) mass is 375 g/mol. The highest BCUT2D eigenvalue weighted by molar-refractivity contribution is 6.30. The molecule has 0 atom stereocenters. The third-order valence-electron chi connectivity index (χ3n) is 4.35. The van der Waals surface area contributed by atoms with Crippen LogP contribution in [-0.4, -0.2) is 54.3 Å². The molecule has 2 aromatic rings. The molecule has 1 saturated heterocycles. The van der Waals surface area contributed by atoms with E-state index in [1.54, 1.807) is 36.6 Å². The van der Waals surface area contributed by atoms with Crippen molar-refractivity contribution in [1.82, 2.24) is 15.1 Å². The van der Waals surface area contributed by atoms with Gasteiger partial charge in [-0.2, -0.15) is 0 Å². The average molecular weight is 376 g/mol. The van der Waals surface area contributed by atoms with E-state index in [0.717, 1.165) is 18.7 Å². The highest BCUT2D eigenvalue weighted by atomic mass is 35.5. The second kappa shape index (κ2) is 8.87. The quantitative estimate of drug-likeness (QED) is 0.871. The van der Waals surface area contributed by atoms with Crippen molar-refractivity contribution in [3.8, 4) is 0 Å². The summed E-state index contributed by atoms with van der Waals surface area (Å²) in [7, 11) is 0. The summed E-state index contributed by atoms with van der Waals surface area (Å²) in [6, 6.07) is 10.6. The standard InChI is InChI=1S/C19H22ClN3O3/c20-16-5-1-4-15(12-16)19(25)23-8-3-7-22(9-10-23)14-18(24)21-13-17-6-2-11-26-17/h1-2,4-6,11-12H,3,7-10,13-14H2,(H,21,24). The lowest BCUT2D eigenvalue weighted by atomic mass is 10.2. The van der Waals surface area contributed by atoms with Crippen molar-refractivity contribution in [2.45, 2.75) is 13.0 Å². The van der Waals surface area contributed by atoms with Crippen LogP contribution in [0.4, 0.5) is 0 Å². The Balaban J connectivity index is 1.48. The van der Waals surface area contributed by atoms with Gasteiger partial charge in [-0.05, 0) is 36.8 Å². The second-order valence-electron chi connectivity index (χ2n) is 6.29. The van der Waals surface area contributed by atoms with Crippen molar-refractivity contribution in [1.29, 1.82) is 0 Å². The van der Waals surface area contributed by atoms with Gasteiger partial charge < -0.3 is 14.6 Å². The van der Waals surface area contributed by atoms with Crippen LogP contribution >= 0.6 is 11.6 Å². The molecule has 0 spiro atoms. The molecule has 1 aliphatic rings. The lowest BCUT2D eigenvalue weighted by Gasteiger charge is -2.22. The summed E-state index contributed by atoms with van der Waals surface area (Å²) in [5, 5.41) is 3.41. The lowest BCUT2D eigenvalue weighted by Crippen LogP contribution is -2.39. The number of amides is 2. The van der Waals surface area contributed by atoms with Crippen molar-refractivity contribution in [2.75, 3.05) is 32.7 Å². The van der Waals surface area contributed by atoms with Crippen LogP contribution in [0.3, 0.4) is 0 Å². The molecule has 1 aromatic carbocycles. The first kappa shape index (κ1) is 18.5. The number of carbonyl (C=O) groups excluding carboxylic acids is 2. The van der Waals surface area contributed by atoms with E-state index in [9.17, 15) is 9.59 Å². The van der Waals surface area contributed by atoms with Crippen LogP contribution in [0.1, 0.15) is 22.5 Å². The van der Waals surface area contributed by atoms with Gasteiger partial charge in [-0.3, -0.25) is 14.5 Å². The molecular formula is C19H22ClN3O3. The van der Waals surface area contributed by atoms with E-state index >= 15 is 0 Å². The van der Waals surface area contributed by atoms with E-state index < -0.39 is 0 Å². The van der Waals surface area contributed by atoms with Gasteiger partial charge in [-0.15, -0.1) is 0 Å². The summed E-state index contributed by atoms with van der Waals surface area (Å²) in [6.07, 6.45) is 2.42. The highest BCUT2D eigenvalue weighted by Crippen LogP contribution is 2.14. The number of benzene rings is 1. The SMILES string of the molecule is O=C(CN1CCCN(C(=O)c2cccc(Cl)c2)CC1)NCc1ccco1. The Hall–Kier alpha value is -2.31. The minimum Gasteiger partial charge on any atom is -0.467 e. The maximum atomic E-state index is 12.6. The molecule has 0 bridgehead atoms. The third-order valence-corrected chi connectivity index (χ3v) is 4.59. The van der Waals surface area contributed by atoms with Gasteiger partial charge in [0, 0.05) is 36.8 Å². The van der Waals surface area contributed by atoms with Crippen LogP contribution in [0.2, 0.25) is 5.02 Å². The summed E-state index contributed by atoms with van der Waals surface area (Å²) in [4.78, 5) is 28.6. The largest absolute Gasteiger partial charge is 0.467 e. The third kappa shape index (κ3) is 5.09. The van der Waals surface area contributed by atoms with E-state index in [1.807, 2.05) is 11.0 Å². The fourth-order valence-corrected chi connectivity index (χ4v) is 3.18. The number of nitrogens with zero attached hydrogens (tertiary/aromatic N) is 2. The van der Waals surface area contributed by atoms with E-state index in [-0.39, 0.29) is 11.8 Å². The van der Waals surface area contributed by atoms with Crippen LogP contribution in [0.15, 0.2) is 47.1 Å². The Morgan fingerprint density at radius 1 is 1.12 bits per heavy atom. The zero-order valence-corrected chi connectivity index (χ0v) is 15.2. The Labute approximate surface area is 157 Å². The van der Waals surface area contributed by atoms with Gasteiger partial charge in [0.25, 0.3) is 5.91 Å². The molecule has 0 aliphatic carbocycles. The molecule has 1 aliphatic heterocycles. The molecule has 1 aromatic heterocycles. The zero-order valence-electron chi connectivity index (χ0n) is 14.5. The van der Waals surface area contributed by atoms with Gasteiger partial charge in [-0.25, -0.2) is 0 Å². The van der Waals surface area contributed by atoms with Crippen LogP contribution < -0.4 is 5.32 Å². The number of furan rings is 1. The van der Waals surface area contributed by atoms with Crippen molar-refractivity contribution < 1.29 is 14.0 Å². The Bertz CT molecular complexity index is 748. The summed E-state index contributed by atoms with van der Waals surface area (Å²) >= 11 is 5.98. The smallest absolute Gasteiger partial charge is 0.253 e. The van der Waals surface area contributed by atoms with Crippen LogP contribution in [0.5, 0.6) is 0 Å². The van der Waals surface area contributed by atoms with Gasteiger partial charge in [-0.1, -0.05) is 17.7 Å². The first-order valence-electron chi connectivity index (χ1n) is 8.68. The number of rotatable bonds is 5. The molecule has 1 fully saturated rings. The predicted molar refractivity (Wildman–Crippen MR) is 99.0 cm³/mol. The maximum absolute atomic E-state index is 12.6. The van der Waals surface area contributed by atoms with E-state index in [0.29, 0.717) is 43.3 Å². The van der Waals surface area contributed by atoms with E-state index in [2.05, 4.69) is 10.2 Å². The molecule has 2 heterocycles. The molecule has 138 valence electrons. The topological polar surface area (TPSA) is 65.8 Å². The molecule has 26 heavy (non-hydrogen) atoms. The lowest BCUT2D eigenvalue weighted by molar-refractivity contribution is -0.122. The van der Waals surface area contributed by atoms with Crippen LogP contribution in [-0.2, 0) is 11.3 Å². The van der Waals surface area contributed by atoms with Gasteiger partial charge >= 0.3 is 0 Å². The van der Waals surface area contributed by atoms with Gasteiger partial charge in [0.15, 0.2) is 0 Å². The zero-order chi connectivity index (χ0) is 18.4. The number of carbonyl (C=O) groups is 2. The molecule has 6 nitrogen and oxygen atoms in total. The fraction of sp³-hybridized carbons (Fsp3) is 0.368. The Morgan fingerprint density at radius 3 is 2.77 bits per heavy atom. The van der Waals surface area contributed by atoms with Crippen molar-refractivity contribution in [3.05, 3.63) is 59.0 Å². The van der Waals surface area contributed by atoms with Crippen molar-refractivity contribution in [3.63, 3.8) is 0 Å². The highest BCUT2D eigenvalue weighted by Gasteiger charge is 2.21. The molecule has 7 heteroatoms. The van der Waals surface area contributed by atoms with Gasteiger partial charge in [0.05, 0.1) is 19.4 Å². The number of hydrogen-bond acceptors (Lipinski definition) is 4. The first-order valence-corrected chi connectivity index (χ1v) is 9.06. The Morgan fingerprint density at radius 2 is 2.00 bits per heavy atom. The average Bonchev–Trinajstić information content (AvgIpc) is 3.05. The van der Waals surface area contributed by atoms with Crippen LogP contribution in [0.25, 0.3) is 0 Å². The second-order valence-corrected chi connectivity index (χ2v) is 6.72. The number of nitrogens with one attached hydrogen (secondary N) is 1. The molecule has 0 unspecified atom stereocenters. The Kier molecular flexibility index (Phi) is 6.30. The number of hydrogen-bond donors (Lipinski definition) is 1. The van der Waals surface area contributed by atoms with Crippen molar-refractivity contribution >= 4 is 23.4 Å².